The van der Waals surface area contributed by atoms with Crippen LogP contribution in [0, 0.1) is 17.8 Å². The van der Waals surface area contributed by atoms with Crippen molar-refractivity contribution in [1.82, 2.24) is 15.5 Å². The van der Waals surface area contributed by atoms with E-state index in [1.807, 2.05) is 0 Å². The van der Waals surface area contributed by atoms with Crippen molar-refractivity contribution in [2.45, 2.75) is 63.6 Å². The van der Waals surface area contributed by atoms with Gasteiger partial charge in [0.05, 0.1) is 11.1 Å². The van der Waals surface area contributed by atoms with Crippen molar-refractivity contribution in [3.05, 3.63) is 28.2 Å². The zero-order valence-electron chi connectivity index (χ0n) is 19.9. The number of rotatable bonds is 8. The van der Waals surface area contributed by atoms with E-state index in [4.69, 9.17) is 27.9 Å². The molecule has 1 aliphatic carbocycles. The summed E-state index contributed by atoms with van der Waals surface area (Å²) in [7, 11) is 0. The average molecular weight is 524 g/mol. The Morgan fingerprint density at radius 2 is 2.06 bits per heavy atom. The number of carbonyl (C=O) groups excluding carboxylic acids is 4. The number of fused-ring (bicyclic) bond motifs is 1. The number of nitrogens with zero attached hydrogens (tertiary/aromatic N) is 1. The summed E-state index contributed by atoms with van der Waals surface area (Å²) in [6.45, 7) is 4.33. The van der Waals surface area contributed by atoms with Gasteiger partial charge < -0.3 is 25.1 Å². The first-order chi connectivity index (χ1) is 16.6. The van der Waals surface area contributed by atoms with Crippen LogP contribution in [0.2, 0.25) is 10.0 Å². The van der Waals surface area contributed by atoms with Gasteiger partial charge in [-0.1, -0.05) is 29.6 Å². The molecule has 8 nitrogen and oxygen atoms in total. The summed E-state index contributed by atoms with van der Waals surface area (Å²) >= 11 is 12.2. The highest BCUT2D eigenvalue weighted by atomic mass is 35.5. The van der Waals surface area contributed by atoms with Crippen LogP contribution in [0.15, 0.2) is 18.2 Å². The molecular weight excluding hydrogens is 493 g/mol. The summed E-state index contributed by atoms with van der Waals surface area (Å²) in [5, 5.41) is 6.31. The van der Waals surface area contributed by atoms with Crippen LogP contribution in [0.5, 0.6) is 5.75 Å². The van der Waals surface area contributed by atoms with Gasteiger partial charge in [-0.3, -0.25) is 14.4 Å². The second-order valence-electron chi connectivity index (χ2n) is 10.2. The molecule has 3 amide bonds. The van der Waals surface area contributed by atoms with Crippen LogP contribution in [0.4, 0.5) is 0 Å². The Bertz CT molecular complexity index is 1020. The van der Waals surface area contributed by atoms with E-state index in [9.17, 15) is 19.2 Å². The highest BCUT2D eigenvalue weighted by Crippen LogP contribution is 2.43. The molecule has 1 unspecified atom stereocenters. The standard InChI is InChI=1S/C25H31Cl2N3O5/c1-25(2,35-20-7-6-16(26)11-19(20)27)24(34)30-12-15-4-3-5-18(15)21(30)23(33)29-17(13-31)10-14-8-9-28-22(14)32/h6-7,11,13-15,17-18,21H,3-5,8-10,12H2,1-2H3,(H,28,32)(H,29,33)/t14-,15-,17-,18+,21?/m0/s1. The van der Waals surface area contributed by atoms with Crippen LogP contribution < -0.4 is 15.4 Å². The van der Waals surface area contributed by atoms with Gasteiger partial charge >= 0.3 is 0 Å². The van der Waals surface area contributed by atoms with E-state index in [2.05, 4.69) is 10.6 Å². The monoisotopic (exact) mass is 523 g/mol. The second kappa shape index (κ2) is 10.3. The molecule has 2 N–H and O–H groups in total. The second-order valence-corrected chi connectivity index (χ2v) is 11.1. The fraction of sp³-hybridized carbons (Fsp3) is 0.600. The molecule has 2 heterocycles. The van der Waals surface area contributed by atoms with E-state index < -0.39 is 17.7 Å². The van der Waals surface area contributed by atoms with E-state index in [0.717, 1.165) is 19.3 Å². The van der Waals surface area contributed by atoms with Gasteiger partial charge in [-0.25, -0.2) is 0 Å². The molecule has 0 radical (unpaired) electrons. The maximum Gasteiger partial charge on any atom is 0.266 e. The maximum atomic E-state index is 13.7. The Hall–Kier alpha value is -2.32. The van der Waals surface area contributed by atoms with Crippen molar-refractivity contribution >= 4 is 47.2 Å². The Kier molecular flexibility index (Phi) is 7.62. The molecule has 1 aromatic rings. The van der Waals surface area contributed by atoms with E-state index >= 15 is 0 Å². The lowest BCUT2D eigenvalue weighted by Gasteiger charge is -2.34. The minimum Gasteiger partial charge on any atom is -0.476 e. The first-order valence-corrected chi connectivity index (χ1v) is 12.8. The summed E-state index contributed by atoms with van der Waals surface area (Å²) in [4.78, 5) is 52.4. The molecule has 2 aliphatic heterocycles. The van der Waals surface area contributed by atoms with E-state index in [-0.39, 0.29) is 46.9 Å². The summed E-state index contributed by atoms with van der Waals surface area (Å²) < 4.78 is 6.00. The molecular formula is C25H31Cl2N3O5. The van der Waals surface area contributed by atoms with E-state index in [0.29, 0.717) is 36.6 Å². The average Bonchev–Trinajstić information content (AvgIpc) is 3.50. The number of hydrogen-bond donors (Lipinski definition) is 2. The quantitative estimate of drug-likeness (QED) is 0.509. The van der Waals surface area contributed by atoms with E-state index in [1.165, 1.54) is 0 Å². The molecule has 4 rings (SSSR count). The molecule has 2 saturated heterocycles. The van der Waals surface area contributed by atoms with E-state index in [1.54, 1.807) is 36.9 Å². The minimum absolute atomic E-state index is 0.0240. The SMILES string of the molecule is CC(C)(Oc1ccc(Cl)cc1Cl)C(=O)N1C[C@@H]2CCC[C@H]2C1C(=O)N[C@H](C=O)C[C@@H]1CCNC1=O. The Morgan fingerprint density at radius 3 is 2.71 bits per heavy atom. The number of aldehydes is 1. The molecule has 3 fully saturated rings. The fourth-order valence-corrected chi connectivity index (χ4v) is 6.11. The third kappa shape index (κ3) is 5.43. The molecule has 190 valence electrons. The number of carbonyl (C=O) groups is 4. The van der Waals surface area contributed by atoms with Gasteiger partial charge in [0, 0.05) is 24.0 Å². The smallest absolute Gasteiger partial charge is 0.266 e. The molecule has 5 atom stereocenters. The van der Waals surface area contributed by atoms with Gasteiger partial charge in [0.1, 0.15) is 18.1 Å². The van der Waals surface area contributed by atoms with Crippen molar-refractivity contribution in [2.75, 3.05) is 13.1 Å². The summed E-state index contributed by atoms with van der Waals surface area (Å²) in [5.74, 6) is -0.511. The lowest BCUT2D eigenvalue weighted by Crippen LogP contribution is -2.57. The van der Waals surface area contributed by atoms with Crippen molar-refractivity contribution in [3.63, 3.8) is 0 Å². The van der Waals surface area contributed by atoms with Crippen LogP contribution in [0.1, 0.15) is 46.0 Å². The van der Waals surface area contributed by atoms with Crippen LogP contribution >= 0.6 is 23.2 Å². The number of ether oxygens (including phenoxy) is 1. The lowest BCUT2D eigenvalue weighted by atomic mass is 9.92. The maximum absolute atomic E-state index is 13.7. The van der Waals surface area contributed by atoms with Gasteiger partial charge in [-0.2, -0.15) is 0 Å². The molecule has 1 saturated carbocycles. The summed E-state index contributed by atoms with van der Waals surface area (Å²) in [6, 6.07) is 3.30. The number of halogens is 2. The third-order valence-electron chi connectivity index (χ3n) is 7.39. The number of nitrogens with one attached hydrogen (secondary N) is 2. The fourth-order valence-electron chi connectivity index (χ4n) is 5.67. The molecule has 10 heteroatoms. The molecule has 35 heavy (non-hydrogen) atoms. The Morgan fingerprint density at radius 1 is 1.29 bits per heavy atom. The molecule has 0 bridgehead atoms. The predicted molar refractivity (Wildman–Crippen MR) is 131 cm³/mol. The molecule has 3 aliphatic rings. The molecule has 0 aromatic heterocycles. The zero-order chi connectivity index (χ0) is 25.3. The summed E-state index contributed by atoms with van der Waals surface area (Å²) in [5.41, 5.74) is -1.29. The van der Waals surface area contributed by atoms with Crippen LogP contribution in [0.25, 0.3) is 0 Å². The number of benzene rings is 1. The van der Waals surface area contributed by atoms with Gasteiger partial charge in [-0.15, -0.1) is 0 Å². The summed E-state index contributed by atoms with van der Waals surface area (Å²) in [6.07, 6.45) is 4.35. The molecule has 0 spiro atoms. The Labute approximate surface area is 215 Å². The number of likely N-dealkylation sites (tertiary alicyclic amines) is 1. The van der Waals surface area contributed by atoms with Crippen molar-refractivity contribution in [1.29, 1.82) is 0 Å². The molecule has 1 aromatic carbocycles. The van der Waals surface area contributed by atoms with Crippen LogP contribution in [0.3, 0.4) is 0 Å². The minimum atomic E-state index is -1.29. The first kappa shape index (κ1) is 25.8. The van der Waals surface area contributed by atoms with Gasteiger partial charge in [-0.05, 0) is 69.6 Å². The van der Waals surface area contributed by atoms with Crippen LogP contribution in [-0.2, 0) is 19.2 Å². The lowest BCUT2D eigenvalue weighted by molar-refractivity contribution is -0.150. The zero-order valence-corrected chi connectivity index (χ0v) is 21.4. The third-order valence-corrected chi connectivity index (χ3v) is 7.92. The van der Waals surface area contributed by atoms with Gasteiger partial charge in [0.2, 0.25) is 11.8 Å². The number of hydrogen-bond acceptors (Lipinski definition) is 5. The van der Waals surface area contributed by atoms with Crippen molar-refractivity contribution in [2.24, 2.45) is 17.8 Å². The van der Waals surface area contributed by atoms with Crippen molar-refractivity contribution < 1.29 is 23.9 Å². The largest absolute Gasteiger partial charge is 0.476 e. The van der Waals surface area contributed by atoms with Gasteiger partial charge in [0.25, 0.3) is 5.91 Å². The first-order valence-electron chi connectivity index (χ1n) is 12.1. The topological polar surface area (TPSA) is 105 Å². The van der Waals surface area contributed by atoms with Crippen molar-refractivity contribution in [3.8, 4) is 5.75 Å². The predicted octanol–water partition coefficient (Wildman–Crippen LogP) is 2.99. The van der Waals surface area contributed by atoms with Crippen LogP contribution in [-0.4, -0.2) is 59.7 Å². The number of amides is 3. The van der Waals surface area contributed by atoms with Gasteiger partial charge in [0.15, 0.2) is 5.60 Å². The normalized spacial score (nSPS) is 26.7. The Balaban J connectivity index is 1.50. The highest BCUT2D eigenvalue weighted by molar-refractivity contribution is 6.35. The highest BCUT2D eigenvalue weighted by Gasteiger charge is 2.52.